The number of rotatable bonds is 5. The molecule has 2 saturated heterocycles. The third kappa shape index (κ3) is 5.18. The molecule has 1 unspecified atom stereocenters. The lowest BCUT2D eigenvalue weighted by Gasteiger charge is -2.33. The highest BCUT2D eigenvalue weighted by molar-refractivity contribution is 6.31. The summed E-state index contributed by atoms with van der Waals surface area (Å²) in [5.74, 6) is 0.698. The molecule has 7 rings (SSSR count). The average molecular weight is 632 g/mol. The Balaban J connectivity index is 1.27. The molecule has 2 aromatic heterocycles. The van der Waals surface area contributed by atoms with Gasteiger partial charge in [0.05, 0.1) is 52.5 Å². The summed E-state index contributed by atoms with van der Waals surface area (Å²) in [6.45, 7) is 8.90. The van der Waals surface area contributed by atoms with Crippen molar-refractivity contribution in [1.29, 1.82) is 0 Å². The fourth-order valence-corrected chi connectivity index (χ4v) is 7.92. The largest absolute Gasteiger partial charge is 0.461 e. The maximum absolute atomic E-state index is 14.2. The summed E-state index contributed by atoms with van der Waals surface area (Å²) in [5.41, 5.74) is 9.73. The summed E-state index contributed by atoms with van der Waals surface area (Å²) in [4.78, 5) is 14.5. The Hall–Kier alpha value is -3.09. The molecule has 0 amide bonds. The molecule has 4 aliphatic heterocycles. The van der Waals surface area contributed by atoms with Gasteiger partial charge in [0.1, 0.15) is 12.4 Å². The number of aromatic nitrogens is 4. The standard InChI is InChI=1S/C31H37ClF3N7O2/c1-18-19(2)39-42-11-5-8-40(15-25(18)42)28-22-16-43-26(21-12-20(36)13-23(32)27(21)31(33,34)35)14-24(22)37-29(38-28)44-17-30-6-3-9-41(30)10-4-7-30/h12-13,26H,3-11,14-17,36H2,1-2H3. The van der Waals surface area contributed by atoms with Crippen LogP contribution < -0.4 is 15.4 Å². The Morgan fingerprint density at radius 3 is 2.61 bits per heavy atom. The van der Waals surface area contributed by atoms with E-state index in [-0.39, 0.29) is 35.8 Å². The zero-order valence-corrected chi connectivity index (χ0v) is 25.8. The highest BCUT2D eigenvalue weighted by atomic mass is 35.5. The van der Waals surface area contributed by atoms with Crippen molar-refractivity contribution in [3.8, 4) is 6.01 Å². The maximum Gasteiger partial charge on any atom is 0.418 e. The summed E-state index contributed by atoms with van der Waals surface area (Å²) in [6.07, 6.45) is -0.214. The molecule has 236 valence electrons. The smallest absolute Gasteiger partial charge is 0.418 e. The quantitative estimate of drug-likeness (QED) is 0.355. The summed E-state index contributed by atoms with van der Waals surface area (Å²) in [6, 6.07) is 2.68. The zero-order valence-electron chi connectivity index (χ0n) is 25.0. The van der Waals surface area contributed by atoms with Crippen LogP contribution in [-0.2, 0) is 37.0 Å². The van der Waals surface area contributed by atoms with Crippen molar-refractivity contribution in [3.63, 3.8) is 0 Å². The van der Waals surface area contributed by atoms with E-state index in [1.807, 2.05) is 6.92 Å². The van der Waals surface area contributed by atoms with Gasteiger partial charge in [0.15, 0.2) is 0 Å². The molecule has 3 aromatic rings. The van der Waals surface area contributed by atoms with Crippen LogP contribution in [-0.4, -0.2) is 56.4 Å². The van der Waals surface area contributed by atoms with E-state index in [1.165, 1.54) is 6.07 Å². The molecular weight excluding hydrogens is 595 g/mol. The molecule has 0 aliphatic carbocycles. The van der Waals surface area contributed by atoms with Gasteiger partial charge in [-0.2, -0.15) is 28.2 Å². The first-order valence-corrected chi connectivity index (χ1v) is 15.7. The number of halogens is 4. The predicted octanol–water partition coefficient (Wildman–Crippen LogP) is 5.78. The molecule has 1 aromatic carbocycles. The lowest BCUT2D eigenvalue weighted by Crippen LogP contribution is -2.43. The van der Waals surface area contributed by atoms with E-state index in [4.69, 9.17) is 41.9 Å². The van der Waals surface area contributed by atoms with Gasteiger partial charge in [-0.1, -0.05) is 11.6 Å². The second-order valence-electron chi connectivity index (χ2n) is 12.6. The van der Waals surface area contributed by atoms with Gasteiger partial charge in [-0.15, -0.1) is 0 Å². The SMILES string of the molecule is Cc1nn2c(c1C)CN(c1nc(OCC34CCCN3CCC4)nc3c1COC(c1cc(N)cc(Cl)c1C(F)(F)F)C3)CCC2. The van der Waals surface area contributed by atoms with E-state index in [1.54, 1.807) is 0 Å². The number of benzene rings is 1. The van der Waals surface area contributed by atoms with Gasteiger partial charge in [-0.05, 0) is 82.3 Å². The molecule has 0 spiro atoms. The minimum atomic E-state index is -4.67. The highest BCUT2D eigenvalue weighted by Crippen LogP contribution is 2.45. The van der Waals surface area contributed by atoms with Crippen LogP contribution in [0.4, 0.5) is 24.7 Å². The van der Waals surface area contributed by atoms with Crippen molar-refractivity contribution in [3.05, 3.63) is 56.5 Å². The normalized spacial score (nSPS) is 21.6. The second-order valence-corrected chi connectivity index (χ2v) is 13.0. The van der Waals surface area contributed by atoms with Crippen LogP contribution in [0.15, 0.2) is 12.1 Å². The molecule has 9 nitrogen and oxygen atoms in total. The Bertz CT molecular complexity index is 1580. The van der Waals surface area contributed by atoms with Crippen LogP contribution in [0.5, 0.6) is 6.01 Å². The number of hydrogen-bond acceptors (Lipinski definition) is 8. The number of ether oxygens (including phenoxy) is 2. The molecule has 6 heterocycles. The molecule has 0 saturated carbocycles. The fourth-order valence-electron chi connectivity index (χ4n) is 7.57. The molecule has 0 bridgehead atoms. The second kappa shape index (κ2) is 11.1. The topological polar surface area (TPSA) is 94.6 Å². The third-order valence-electron chi connectivity index (χ3n) is 9.91. The number of aryl methyl sites for hydroxylation is 2. The van der Waals surface area contributed by atoms with Gasteiger partial charge >= 0.3 is 12.2 Å². The van der Waals surface area contributed by atoms with E-state index in [0.717, 1.165) is 86.9 Å². The van der Waals surface area contributed by atoms with Gasteiger partial charge in [-0.3, -0.25) is 9.58 Å². The van der Waals surface area contributed by atoms with Crippen molar-refractivity contribution >= 4 is 23.1 Å². The number of nitrogen functional groups attached to an aromatic ring is 1. The van der Waals surface area contributed by atoms with Gasteiger partial charge < -0.3 is 20.1 Å². The number of fused-ring (bicyclic) bond motifs is 3. The first-order valence-electron chi connectivity index (χ1n) is 15.4. The third-order valence-corrected chi connectivity index (χ3v) is 10.2. The van der Waals surface area contributed by atoms with Crippen molar-refractivity contribution in [1.82, 2.24) is 24.6 Å². The van der Waals surface area contributed by atoms with E-state index in [9.17, 15) is 13.2 Å². The number of nitrogens with zero attached hydrogens (tertiary/aromatic N) is 6. The van der Waals surface area contributed by atoms with E-state index in [0.29, 0.717) is 24.7 Å². The maximum atomic E-state index is 14.2. The van der Waals surface area contributed by atoms with Crippen molar-refractivity contribution in [2.45, 2.75) is 89.9 Å². The number of alkyl halides is 3. The summed E-state index contributed by atoms with van der Waals surface area (Å²) in [7, 11) is 0. The minimum Gasteiger partial charge on any atom is -0.461 e. The summed E-state index contributed by atoms with van der Waals surface area (Å²) in [5, 5.41) is 4.28. The number of nitrogens with two attached hydrogens (primary N) is 1. The van der Waals surface area contributed by atoms with Crippen LogP contribution in [0.3, 0.4) is 0 Å². The lowest BCUT2D eigenvalue weighted by molar-refractivity contribution is -0.139. The Kier molecular flexibility index (Phi) is 7.44. The molecule has 13 heteroatoms. The molecule has 44 heavy (non-hydrogen) atoms. The van der Waals surface area contributed by atoms with Crippen molar-refractivity contribution in [2.75, 3.05) is 36.9 Å². The predicted molar refractivity (Wildman–Crippen MR) is 160 cm³/mol. The van der Waals surface area contributed by atoms with Crippen molar-refractivity contribution in [2.24, 2.45) is 0 Å². The van der Waals surface area contributed by atoms with E-state index >= 15 is 0 Å². The zero-order chi connectivity index (χ0) is 30.8. The van der Waals surface area contributed by atoms with Crippen molar-refractivity contribution < 1.29 is 22.6 Å². The van der Waals surface area contributed by atoms with E-state index in [2.05, 4.69) is 21.4 Å². The highest BCUT2D eigenvalue weighted by Gasteiger charge is 2.45. The Morgan fingerprint density at radius 2 is 1.86 bits per heavy atom. The van der Waals surface area contributed by atoms with Crippen LogP contribution in [0.25, 0.3) is 0 Å². The minimum absolute atomic E-state index is 0.00522. The Labute approximate surface area is 259 Å². The number of hydrogen-bond donors (Lipinski definition) is 1. The first-order chi connectivity index (χ1) is 21.0. The average Bonchev–Trinajstić information content (AvgIpc) is 3.57. The van der Waals surface area contributed by atoms with Crippen LogP contribution in [0.2, 0.25) is 5.02 Å². The van der Waals surface area contributed by atoms with Gasteiger partial charge in [0.25, 0.3) is 0 Å². The molecule has 2 fully saturated rings. The summed E-state index contributed by atoms with van der Waals surface area (Å²) >= 11 is 6.09. The summed E-state index contributed by atoms with van der Waals surface area (Å²) < 4.78 is 57.1. The molecule has 0 radical (unpaired) electrons. The fraction of sp³-hybridized carbons (Fsp3) is 0.581. The molecular formula is C31H37ClF3N7O2. The lowest BCUT2D eigenvalue weighted by atomic mass is 9.94. The monoisotopic (exact) mass is 631 g/mol. The van der Waals surface area contributed by atoms with Gasteiger partial charge in [-0.25, -0.2) is 0 Å². The van der Waals surface area contributed by atoms with Crippen LogP contribution >= 0.6 is 11.6 Å². The van der Waals surface area contributed by atoms with E-state index < -0.39 is 22.9 Å². The molecule has 4 aliphatic rings. The van der Waals surface area contributed by atoms with Crippen LogP contribution in [0.1, 0.15) is 77.5 Å². The van der Waals surface area contributed by atoms with Gasteiger partial charge in [0.2, 0.25) is 0 Å². The molecule has 2 N–H and O–H groups in total. The molecule has 1 atom stereocenters. The van der Waals surface area contributed by atoms with Gasteiger partial charge in [0, 0.05) is 30.8 Å². The van der Waals surface area contributed by atoms with Crippen LogP contribution in [0, 0.1) is 13.8 Å². The first kappa shape index (κ1) is 29.6. The Morgan fingerprint density at radius 1 is 1.09 bits per heavy atom. The number of anilines is 2.